The molecule has 0 aliphatic heterocycles. The topological polar surface area (TPSA) is 67.2 Å². The Morgan fingerprint density at radius 2 is 2.14 bits per heavy atom. The van der Waals surface area contributed by atoms with E-state index < -0.39 is 29.7 Å². The van der Waals surface area contributed by atoms with E-state index in [2.05, 4.69) is 0 Å². The first-order chi connectivity index (χ1) is 9.82. The highest BCUT2D eigenvalue weighted by atomic mass is 32.2. The van der Waals surface area contributed by atoms with Gasteiger partial charge in [0.05, 0.1) is 18.6 Å². The largest absolute Gasteiger partial charge is 0.466 e. The maximum Gasteiger partial charge on any atom is 0.446 e. The normalized spacial score (nSPS) is 10.8. The van der Waals surface area contributed by atoms with Crippen molar-refractivity contribution >= 4 is 24.0 Å². The number of benzene rings is 1. The molecule has 0 heterocycles. The summed E-state index contributed by atoms with van der Waals surface area (Å²) in [7, 11) is 0. The molecule has 0 bridgehead atoms. The number of hydrogen-bond acceptors (Lipinski definition) is 5. The van der Waals surface area contributed by atoms with Crippen LogP contribution in [0.25, 0.3) is 0 Å². The third-order valence-corrected chi connectivity index (χ3v) is 3.19. The van der Waals surface area contributed by atoms with Crippen molar-refractivity contribution in [2.24, 2.45) is 0 Å². The zero-order valence-electron chi connectivity index (χ0n) is 10.9. The highest BCUT2D eigenvalue weighted by molar-refractivity contribution is 8.00. The number of carbonyl (C=O) groups is 2. The number of esters is 1. The van der Waals surface area contributed by atoms with Crippen LogP contribution in [0, 0.1) is 11.3 Å². The lowest BCUT2D eigenvalue weighted by Gasteiger charge is -2.12. The summed E-state index contributed by atoms with van der Waals surface area (Å²) in [5, 5.41) is 9.06. The fraction of sp³-hybridized carbons (Fsp3) is 0.308. The van der Waals surface area contributed by atoms with Gasteiger partial charge in [0.15, 0.2) is 0 Å². The van der Waals surface area contributed by atoms with E-state index in [1.54, 1.807) is 13.0 Å². The van der Waals surface area contributed by atoms with Gasteiger partial charge >= 0.3 is 11.5 Å². The lowest BCUT2D eigenvalue weighted by atomic mass is 9.99. The van der Waals surface area contributed by atoms with E-state index in [0.717, 1.165) is 12.1 Å². The molecule has 0 radical (unpaired) electrons. The standard InChI is InChI=1S/C13H10F3NO3S/c1-2-20-12(19)5-9-8(7-18)3-4-11(10(9)6-17)21-13(14,15)16/h3-4,7H,2,5H2,1H3. The highest BCUT2D eigenvalue weighted by Gasteiger charge is 2.31. The van der Waals surface area contributed by atoms with Crippen molar-refractivity contribution in [3.63, 3.8) is 0 Å². The Morgan fingerprint density at radius 3 is 2.62 bits per heavy atom. The fourth-order valence-corrected chi connectivity index (χ4v) is 2.29. The van der Waals surface area contributed by atoms with Crippen LogP contribution in [0.1, 0.15) is 28.4 Å². The van der Waals surface area contributed by atoms with E-state index in [0.29, 0.717) is 6.29 Å². The Labute approximate surface area is 122 Å². The average Bonchev–Trinajstić information content (AvgIpc) is 2.37. The van der Waals surface area contributed by atoms with Crippen LogP contribution in [-0.2, 0) is 16.0 Å². The molecule has 0 saturated carbocycles. The van der Waals surface area contributed by atoms with Crippen LogP contribution >= 0.6 is 11.8 Å². The summed E-state index contributed by atoms with van der Waals surface area (Å²) in [6, 6.07) is 3.81. The number of nitriles is 1. The van der Waals surface area contributed by atoms with Crippen molar-refractivity contribution in [2.45, 2.75) is 23.7 Å². The quantitative estimate of drug-likeness (QED) is 0.474. The van der Waals surface area contributed by atoms with Crippen molar-refractivity contribution in [3.05, 3.63) is 28.8 Å². The van der Waals surface area contributed by atoms with E-state index in [9.17, 15) is 22.8 Å². The fourth-order valence-electron chi connectivity index (χ4n) is 1.63. The van der Waals surface area contributed by atoms with Gasteiger partial charge in [-0.25, -0.2) is 0 Å². The number of thioether (sulfide) groups is 1. The van der Waals surface area contributed by atoms with E-state index in [-0.39, 0.29) is 28.2 Å². The first-order valence-electron chi connectivity index (χ1n) is 5.74. The summed E-state index contributed by atoms with van der Waals surface area (Å²) in [5.74, 6) is -0.716. The maximum absolute atomic E-state index is 12.4. The summed E-state index contributed by atoms with van der Waals surface area (Å²) in [5.41, 5.74) is -4.98. The Balaban J connectivity index is 3.30. The maximum atomic E-state index is 12.4. The number of alkyl halides is 3. The number of ether oxygens (including phenoxy) is 1. The van der Waals surface area contributed by atoms with Gasteiger partial charge in [-0.1, -0.05) is 6.07 Å². The molecule has 0 atom stereocenters. The molecule has 112 valence electrons. The number of hydrogen-bond donors (Lipinski definition) is 0. The lowest BCUT2D eigenvalue weighted by molar-refractivity contribution is -0.142. The van der Waals surface area contributed by atoms with E-state index in [4.69, 9.17) is 10.00 Å². The molecule has 0 spiro atoms. The summed E-state index contributed by atoms with van der Waals surface area (Å²) in [6.07, 6.45) is -0.0471. The van der Waals surface area contributed by atoms with Gasteiger partial charge in [-0.3, -0.25) is 9.59 Å². The minimum absolute atomic E-state index is 0.00822. The van der Waals surface area contributed by atoms with Gasteiger partial charge in [-0.2, -0.15) is 18.4 Å². The molecule has 0 N–H and O–H groups in total. The van der Waals surface area contributed by atoms with E-state index in [1.807, 2.05) is 0 Å². The predicted molar refractivity (Wildman–Crippen MR) is 68.8 cm³/mol. The van der Waals surface area contributed by atoms with Crippen molar-refractivity contribution in [2.75, 3.05) is 6.61 Å². The molecule has 0 unspecified atom stereocenters. The van der Waals surface area contributed by atoms with Gasteiger partial charge in [0, 0.05) is 10.5 Å². The molecule has 0 aliphatic rings. The van der Waals surface area contributed by atoms with Gasteiger partial charge in [-0.15, -0.1) is 0 Å². The Hall–Kier alpha value is -2.01. The molecule has 0 aliphatic carbocycles. The van der Waals surface area contributed by atoms with Crippen molar-refractivity contribution in [1.82, 2.24) is 0 Å². The Bertz CT molecular complexity index is 594. The van der Waals surface area contributed by atoms with Crippen LogP contribution in [0.15, 0.2) is 17.0 Å². The minimum atomic E-state index is -4.57. The molecule has 0 amide bonds. The lowest BCUT2D eigenvalue weighted by Crippen LogP contribution is -2.12. The monoisotopic (exact) mass is 317 g/mol. The second-order valence-electron chi connectivity index (χ2n) is 3.77. The van der Waals surface area contributed by atoms with Crippen LogP contribution in [0.4, 0.5) is 13.2 Å². The number of nitrogens with zero attached hydrogens (tertiary/aromatic N) is 1. The molecule has 21 heavy (non-hydrogen) atoms. The van der Waals surface area contributed by atoms with Gasteiger partial charge in [0.1, 0.15) is 12.4 Å². The predicted octanol–water partition coefficient (Wildman–Crippen LogP) is 3.09. The van der Waals surface area contributed by atoms with Gasteiger partial charge in [0.2, 0.25) is 0 Å². The van der Waals surface area contributed by atoms with Gasteiger partial charge < -0.3 is 4.74 Å². The first kappa shape index (κ1) is 17.0. The molecule has 0 saturated heterocycles. The molecular formula is C13H10F3NO3S. The molecule has 0 fully saturated rings. The number of halogens is 3. The van der Waals surface area contributed by atoms with E-state index >= 15 is 0 Å². The van der Waals surface area contributed by atoms with Crippen molar-refractivity contribution in [1.29, 1.82) is 5.26 Å². The number of aldehydes is 1. The molecule has 4 nitrogen and oxygen atoms in total. The second kappa shape index (κ2) is 7.13. The zero-order valence-corrected chi connectivity index (χ0v) is 11.7. The van der Waals surface area contributed by atoms with Crippen LogP contribution < -0.4 is 0 Å². The SMILES string of the molecule is CCOC(=O)Cc1c(C=O)ccc(SC(F)(F)F)c1C#N. The summed E-state index contributed by atoms with van der Waals surface area (Å²) < 4.78 is 42.0. The van der Waals surface area contributed by atoms with Crippen molar-refractivity contribution < 1.29 is 27.5 Å². The van der Waals surface area contributed by atoms with Crippen LogP contribution in [-0.4, -0.2) is 24.4 Å². The molecule has 0 aromatic heterocycles. The zero-order chi connectivity index (χ0) is 16.0. The Kier molecular flexibility index (Phi) is 5.79. The van der Waals surface area contributed by atoms with E-state index in [1.165, 1.54) is 0 Å². The summed E-state index contributed by atoms with van der Waals surface area (Å²) >= 11 is -0.465. The molecule has 8 heteroatoms. The molecular weight excluding hydrogens is 307 g/mol. The number of rotatable bonds is 5. The summed E-state index contributed by atoms with van der Waals surface area (Å²) in [4.78, 5) is 22.1. The average molecular weight is 317 g/mol. The highest BCUT2D eigenvalue weighted by Crippen LogP contribution is 2.39. The number of carbonyl (C=O) groups excluding carboxylic acids is 2. The first-order valence-corrected chi connectivity index (χ1v) is 6.56. The Morgan fingerprint density at radius 1 is 1.48 bits per heavy atom. The van der Waals surface area contributed by atoms with Crippen LogP contribution in [0.5, 0.6) is 0 Å². The second-order valence-corrected chi connectivity index (χ2v) is 4.87. The summed E-state index contributed by atoms with van der Waals surface area (Å²) in [6.45, 7) is 1.66. The van der Waals surface area contributed by atoms with Gasteiger partial charge in [-0.05, 0) is 30.3 Å². The smallest absolute Gasteiger partial charge is 0.446 e. The van der Waals surface area contributed by atoms with Crippen LogP contribution in [0.3, 0.4) is 0 Å². The van der Waals surface area contributed by atoms with Crippen molar-refractivity contribution in [3.8, 4) is 6.07 Å². The molecule has 1 aromatic rings. The third-order valence-electron chi connectivity index (χ3n) is 2.40. The van der Waals surface area contributed by atoms with Gasteiger partial charge in [0.25, 0.3) is 0 Å². The third kappa shape index (κ3) is 4.79. The van der Waals surface area contributed by atoms with Crippen LogP contribution in [0.2, 0.25) is 0 Å². The minimum Gasteiger partial charge on any atom is -0.466 e. The molecule has 1 rings (SSSR count). The molecule has 1 aromatic carbocycles.